The van der Waals surface area contributed by atoms with Crippen molar-refractivity contribution in [3.05, 3.63) is 54.0 Å². The van der Waals surface area contributed by atoms with Crippen LogP contribution in [0.1, 0.15) is 24.7 Å². The van der Waals surface area contributed by atoms with Gasteiger partial charge in [0.2, 0.25) is 5.91 Å². The Morgan fingerprint density at radius 2 is 2.04 bits per heavy atom. The molecule has 0 aliphatic carbocycles. The number of carbonyl (C=O) groups excluding carboxylic acids is 1. The highest BCUT2D eigenvalue weighted by Crippen LogP contribution is 2.26. The molecule has 6 nitrogen and oxygen atoms in total. The van der Waals surface area contributed by atoms with Gasteiger partial charge in [0.05, 0.1) is 17.6 Å². The Bertz CT molecular complexity index is 845. The summed E-state index contributed by atoms with van der Waals surface area (Å²) in [7, 11) is 0. The quantitative estimate of drug-likeness (QED) is 0.606. The molecule has 0 saturated carbocycles. The summed E-state index contributed by atoms with van der Waals surface area (Å²) in [6, 6.07) is 12.1. The lowest BCUT2D eigenvalue weighted by atomic mass is 10.1. The number of thioether (sulfide) groups is 1. The first kappa shape index (κ1) is 18.3. The van der Waals surface area contributed by atoms with E-state index in [1.165, 1.54) is 17.3 Å². The Morgan fingerprint density at radius 1 is 1.23 bits per heavy atom. The van der Waals surface area contributed by atoms with Gasteiger partial charge in [0.1, 0.15) is 5.76 Å². The number of hydrogen-bond donors (Lipinski definition) is 1. The molecule has 0 fully saturated rings. The largest absolute Gasteiger partial charge is 0.469 e. The molecule has 0 radical (unpaired) electrons. The summed E-state index contributed by atoms with van der Waals surface area (Å²) in [6.45, 7) is 3.84. The van der Waals surface area contributed by atoms with Crippen LogP contribution in [0, 0.1) is 6.92 Å². The van der Waals surface area contributed by atoms with Gasteiger partial charge >= 0.3 is 0 Å². The van der Waals surface area contributed by atoms with E-state index >= 15 is 0 Å². The van der Waals surface area contributed by atoms with Crippen molar-refractivity contribution in [2.75, 3.05) is 5.75 Å². The lowest BCUT2D eigenvalue weighted by Crippen LogP contribution is -2.34. The highest BCUT2D eigenvalue weighted by Gasteiger charge is 2.15. The van der Waals surface area contributed by atoms with Crippen LogP contribution in [-0.4, -0.2) is 27.9 Å². The van der Waals surface area contributed by atoms with E-state index in [-0.39, 0.29) is 17.7 Å². The molecular weight excluding hydrogens is 350 g/mol. The third kappa shape index (κ3) is 4.98. The molecule has 1 N–H and O–H groups in total. The molecule has 1 atom stereocenters. The molecule has 136 valence electrons. The van der Waals surface area contributed by atoms with Crippen molar-refractivity contribution < 1.29 is 13.6 Å². The average Bonchev–Trinajstić information content (AvgIpc) is 3.27. The second-order valence-corrected chi connectivity index (χ2v) is 6.97. The second kappa shape index (κ2) is 8.71. The van der Waals surface area contributed by atoms with Crippen molar-refractivity contribution in [2.45, 2.75) is 38.0 Å². The van der Waals surface area contributed by atoms with Crippen LogP contribution in [0.15, 0.2) is 56.7 Å². The van der Waals surface area contributed by atoms with Crippen molar-refractivity contribution in [3.8, 4) is 11.5 Å². The molecular formula is C19H21N3O3S. The lowest BCUT2D eigenvalue weighted by Gasteiger charge is -2.13. The van der Waals surface area contributed by atoms with Gasteiger partial charge in [0.15, 0.2) is 0 Å². The fourth-order valence-corrected chi connectivity index (χ4v) is 3.10. The van der Waals surface area contributed by atoms with Crippen molar-refractivity contribution in [1.29, 1.82) is 0 Å². The number of aromatic nitrogens is 2. The Hall–Kier alpha value is -2.54. The summed E-state index contributed by atoms with van der Waals surface area (Å²) in [4.78, 5) is 12.1. The Kier molecular flexibility index (Phi) is 6.12. The molecule has 0 bridgehead atoms. The fraction of sp³-hybridized carbons (Fsp3) is 0.316. The van der Waals surface area contributed by atoms with Gasteiger partial charge in [-0.1, -0.05) is 42.1 Å². The van der Waals surface area contributed by atoms with Crippen molar-refractivity contribution >= 4 is 17.7 Å². The molecule has 2 aromatic heterocycles. The van der Waals surface area contributed by atoms with Crippen molar-refractivity contribution in [2.24, 2.45) is 0 Å². The molecule has 1 unspecified atom stereocenters. The van der Waals surface area contributed by atoms with Gasteiger partial charge in [-0.15, -0.1) is 10.2 Å². The van der Waals surface area contributed by atoms with Crippen LogP contribution in [0.5, 0.6) is 0 Å². The number of hydrogen-bond acceptors (Lipinski definition) is 6. The van der Waals surface area contributed by atoms with Crippen LogP contribution in [-0.2, 0) is 11.2 Å². The van der Waals surface area contributed by atoms with Crippen LogP contribution in [0.3, 0.4) is 0 Å². The molecule has 1 aromatic carbocycles. The molecule has 0 aliphatic heterocycles. The van der Waals surface area contributed by atoms with Crippen LogP contribution in [0.4, 0.5) is 0 Å². The molecule has 2 heterocycles. The third-order valence-corrected chi connectivity index (χ3v) is 4.76. The second-order valence-electron chi connectivity index (χ2n) is 6.05. The Labute approximate surface area is 156 Å². The van der Waals surface area contributed by atoms with Crippen LogP contribution in [0.2, 0.25) is 0 Å². The summed E-state index contributed by atoms with van der Waals surface area (Å²) >= 11 is 1.23. The number of carbonyl (C=O) groups is 1. The summed E-state index contributed by atoms with van der Waals surface area (Å²) in [6.07, 6.45) is 3.41. The highest BCUT2D eigenvalue weighted by molar-refractivity contribution is 7.99. The highest BCUT2D eigenvalue weighted by atomic mass is 32.2. The molecule has 0 aliphatic rings. The number of furan rings is 1. The smallest absolute Gasteiger partial charge is 0.277 e. The van der Waals surface area contributed by atoms with Gasteiger partial charge in [-0.2, -0.15) is 0 Å². The predicted molar refractivity (Wildman–Crippen MR) is 99.8 cm³/mol. The number of rotatable bonds is 8. The van der Waals surface area contributed by atoms with E-state index in [0.29, 0.717) is 11.1 Å². The maximum Gasteiger partial charge on any atom is 0.277 e. The molecule has 0 spiro atoms. The van der Waals surface area contributed by atoms with Gasteiger partial charge in [0, 0.05) is 6.04 Å². The van der Waals surface area contributed by atoms with Gasteiger partial charge in [-0.3, -0.25) is 4.79 Å². The molecule has 1 amide bonds. The molecule has 26 heavy (non-hydrogen) atoms. The van der Waals surface area contributed by atoms with E-state index in [1.807, 2.05) is 32.0 Å². The first-order valence-corrected chi connectivity index (χ1v) is 9.44. The number of benzene rings is 1. The topological polar surface area (TPSA) is 81.2 Å². The average molecular weight is 371 g/mol. The zero-order valence-electron chi connectivity index (χ0n) is 14.8. The first-order valence-electron chi connectivity index (χ1n) is 8.46. The summed E-state index contributed by atoms with van der Waals surface area (Å²) in [5, 5.41) is 11.3. The molecule has 7 heteroatoms. The van der Waals surface area contributed by atoms with E-state index in [4.69, 9.17) is 8.83 Å². The number of amides is 1. The Balaban J connectivity index is 1.42. The number of aryl methyl sites for hydroxylation is 2. The predicted octanol–water partition coefficient (Wildman–Crippen LogP) is 3.87. The molecule has 3 aromatic rings. The Morgan fingerprint density at radius 3 is 2.77 bits per heavy atom. The lowest BCUT2D eigenvalue weighted by molar-refractivity contribution is -0.119. The zero-order chi connectivity index (χ0) is 18.4. The van der Waals surface area contributed by atoms with E-state index in [1.54, 1.807) is 12.3 Å². The zero-order valence-corrected chi connectivity index (χ0v) is 15.6. The monoisotopic (exact) mass is 371 g/mol. The van der Waals surface area contributed by atoms with Gasteiger partial charge in [0.25, 0.3) is 11.1 Å². The summed E-state index contributed by atoms with van der Waals surface area (Å²) in [5.74, 6) is 1.31. The summed E-state index contributed by atoms with van der Waals surface area (Å²) in [5.41, 5.74) is 2.04. The SMILES string of the molecule is Cc1occc1-c1nnc(SCC(=O)NC(C)CCc2ccccc2)o1. The van der Waals surface area contributed by atoms with Gasteiger partial charge in [-0.25, -0.2) is 0 Å². The molecule has 3 rings (SSSR count). The van der Waals surface area contributed by atoms with E-state index in [9.17, 15) is 4.79 Å². The van der Waals surface area contributed by atoms with Crippen LogP contribution >= 0.6 is 11.8 Å². The van der Waals surface area contributed by atoms with Crippen LogP contribution < -0.4 is 5.32 Å². The fourth-order valence-electron chi connectivity index (χ4n) is 2.53. The van der Waals surface area contributed by atoms with Gasteiger partial charge in [-0.05, 0) is 38.3 Å². The first-order chi connectivity index (χ1) is 12.6. The standard InChI is InChI=1S/C19H21N3O3S/c1-13(8-9-15-6-4-3-5-7-15)20-17(23)12-26-19-22-21-18(25-19)16-10-11-24-14(16)2/h3-7,10-11,13H,8-9,12H2,1-2H3,(H,20,23). The summed E-state index contributed by atoms with van der Waals surface area (Å²) < 4.78 is 10.8. The minimum absolute atomic E-state index is 0.0465. The van der Waals surface area contributed by atoms with Crippen molar-refractivity contribution in [1.82, 2.24) is 15.5 Å². The van der Waals surface area contributed by atoms with E-state index in [2.05, 4.69) is 27.6 Å². The van der Waals surface area contributed by atoms with E-state index in [0.717, 1.165) is 24.2 Å². The normalized spacial score (nSPS) is 12.1. The maximum absolute atomic E-state index is 12.1. The van der Waals surface area contributed by atoms with Gasteiger partial charge < -0.3 is 14.2 Å². The molecule has 0 saturated heterocycles. The number of nitrogens with zero attached hydrogens (tertiary/aromatic N) is 2. The van der Waals surface area contributed by atoms with E-state index < -0.39 is 0 Å². The minimum Gasteiger partial charge on any atom is -0.469 e. The van der Waals surface area contributed by atoms with Crippen molar-refractivity contribution in [3.63, 3.8) is 0 Å². The maximum atomic E-state index is 12.1. The third-order valence-electron chi connectivity index (χ3n) is 3.94. The number of nitrogens with one attached hydrogen (secondary N) is 1. The minimum atomic E-state index is -0.0465. The van der Waals surface area contributed by atoms with Crippen LogP contribution in [0.25, 0.3) is 11.5 Å².